The van der Waals surface area contributed by atoms with Gasteiger partial charge in [-0.05, 0) is 37.5 Å². The highest BCUT2D eigenvalue weighted by Gasteiger charge is 2.27. The van der Waals surface area contributed by atoms with Crippen molar-refractivity contribution in [2.75, 3.05) is 18.5 Å². The quantitative estimate of drug-likeness (QED) is 0.832. The molecule has 4 nitrogen and oxygen atoms in total. The Morgan fingerprint density at radius 3 is 2.80 bits per heavy atom. The lowest BCUT2D eigenvalue weighted by molar-refractivity contribution is -0.687. The van der Waals surface area contributed by atoms with Crippen LogP contribution in [-0.4, -0.2) is 25.2 Å². The lowest BCUT2D eigenvalue weighted by Crippen LogP contribution is -2.89. The van der Waals surface area contributed by atoms with Gasteiger partial charge >= 0.3 is 0 Å². The molecule has 0 saturated carbocycles. The van der Waals surface area contributed by atoms with E-state index < -0.39 is 0 Å². The van der Waals surface area contributed by atoms with Crippen molar-refractivity contribution in [3.8, 4) is 0 Å². The third-order valence-corrected chi connectivity index (χ3v) is 4.95. The predicted octanol–water partition coefficient (Wildman–Crippen LogP) is 3.07. The van der Waals surface area contributed by atoms with E-state index in [9.17, 15) is 4.79 Å². The molecule has 1 aliphatic heterocycles. The van der Waals surface area contributed by atoms with Gasteiger partial charge in [0.05, 0.1) is 0 Å². The first-order chi connectivity index (χ1) is 12.1. The molecule has 3 rings (SSSR count). The van der Waals surface area contributed by atoms with E-state index in [0.29, 0.717) is 10.7 Å². The average Bonchev–Trinajstić information content (AvgIpc) is 3.13. The number of hydrogen-bond donors (Lipinski definition) is 2. The standard InChI is InChI=1S/C20H23ClN2O2/c1-14-9-10-16(12-18(14)21)23-20(24)19(15-6-3-2-4-7-15)22-13-17-8-5-11-25-17/h2-4,6-7,9-10,12,17,19,22H,5,8,11,13H2,1H3,(H,23,24)/p+1/t17-,19-/m0/s1. The van der Waals surface area contributed by atoms with E-state index in [2.05, 4.69) is 10.6 Å². The Bertz CT molecular complexity index is 715. The summed E-state index contributed by atoms with van der Waals surface area (Å²) in [6.07, 6.45) is 2.39. The lowest BCUT2D eigenvalue weighted by Gasteiger charge is -2.18. The number of anilines is 1. The SMILES string of the molecule is Cc1ccc(NC(=O)[C@@H]([NH2+]C[C@@H]2CCCO2)c2ccccc2)cc1Cl. The molecule has 1 fully saturated rings. The smallest absolute Gasteiger partial charge is 0.287 e. The Labute approximate surface area is 153 Å². The molecule has 132 valence electrons. The van der Waals surface area contributed by atoms with Crippen molar-refractivity contribution in [3.63, 3.8) is 0 Å². The fourth-order valence-corrected chi connectivity index (χ4v) is 3.24. The van der Waals surface area contributed by atoms with Crippen molar-refractivity contribution >= 4 is 23.2 Å². The van der Waals surface area contributed by atoms with E-state index in [-0.39, 0.29) is 18.1 Å². The highest BCUT2D eigenvalue weighted by Crippen LogP contribution is 2.21. The molecule has 25 heavy (non-hydrogen) atoms. The minimum atomic E-state index is -0.314. The van der Waals surface area contributed by atoms with Crippen LogP contribution in [0.25, 0.3) is 0 Å². The van der Waals surface area contributed by atoms with Crippen LogP contribution in [0.15, 0.2) is 48.5 Å². The molecule has 0 spiro atoms. The second-order valence-electron chi connectivity index (χ2n) is 6.45. The first-order valence-electron chi connectivity index (χ1n) is 8.70. The summed E-state index contributed by atoms with van der Waals surface area (Å²) in [5.41, 5.74) is 2.69. The molecular weight excluding hydrogens is 336 g/mol. The molecule has 5 heteroatoms. The van der Waals surface area contributed by atoms with Gasteiger partial charge in [-0.25, -0.2) is 0 Å². The Kier molecular flexibility index (Phi) is 6.08. The van der Waals surface area contributed by atoms with Crippen LogP contribution < -0.4 is 10.6 Å². The first-order valence-corrected chi connectivity index (χ1v) is 9.08. The van der Waals surface area contributed by atoms with E-state index in [1.165, 1.54) is 0 Å². The molecule has 0 aromatic heterocycles. The number of hydrogen-bond acceptors (Lipinski definition) is 2. The topological polar surface area (TPSA) is 54.9 Å². The Morgan fingerprint density at radius 2 is 2.12 bits per heavy atom. The number of amides is 1. The van der Waals surface area contributed by atoms with Crippen LogP contribution in [0.4, 0.5) is 5.69 Å². The number of halogens is 1. The molecule has 2 aromatic rings. The van der Waals surface area contributed by atoms with Crippen molar-refractivity contribution < 1.29 is 14.8 Å². The van der Waals surface area contributed by atoms with Crippen LogP contribution in [0.3, 0.4) is 0 Å². The summed E-state index contributed by atoms with van der Waals surface area (Å²) in [5, 5.41) is 5.70. The zero-order valence-corrected chi connectivity index (χ0v) is 15.1. The van der Waals surface area contributed by atoms with Crippen LogP contribution in [-0.2, 0) is 9.53 Å². The van der Waals surface area contributed by atoms with Crippen LogP contribution in [0, 0.1) is 6.92 Å². The monoisotopic (exact) mass is 359 g/mol. The van der Waals surface area contributed by atoms with Gasteiger partial charge in [-0.3, -0.25) is 4.79 Å². The molecule has 0 aliphatic carbocycles. The fourth-order valence-electron chi connectivity index (χ4n) is 3.06. The minimum Gasteiger partial charge on any atom is -0.372 e. The second kappa shape index (κ2) is 8.48. The molecule has 1 amide bonds. The highest BCUT2D eigenvalue weighted by molar-refractivity contribution is 6.31. The maximum atomic E-state index is 12.9. The molecule has 2 aromatic carbocycles. The minimum absolute atomic E-state index is 0.0517. The summed E-state index contributed by atoms with van der Waals surface area (Å²) >= 11 is 6.17. The Balaban J connectivity index is 1.72. The second-order valence-corrected chi connectivity index (χ2v) is 6.86. The third kappa shape index (κ3) is 4.82. The zero-order valence-electron chi connectivity index (χ0n) is 14.4. The van der Waals surface area contributed by atoms with E-state index in [0.717, 1.165) is 37.1 Å². The van der Waals surface area contributed by atoms with Crippen molar-refractivity contribution in [3.05, 3.63) is 64.7 Å². The van der Waals surface area contributed by atoms with Gasteiger partial charge in [0.15, 0.2) is 6.04 Å². The molecule has 0 unspecified atom stereocenters. The van der Waals surface area contributed by atoms with Crippen LogP contribution in [0.1, 0.15) is 30.0 Å². The van der Waals surface area contributed by atoms with Crippen molar-refractivity contribution in [1.82, 2.24) is 0 Å². The Morgan fingerprint density at radius 1 is 1.32 bits per heavy atom. The van der Waals surface area contributed by atoms with E-state index in [1.807, 2.05) is 49.4 Å². The summed E-state index contributed by atoms with van der Waals surface area (Å²) in [6.45, 7) is 3.54. The zero-order chi connectivity index (χ0) is 17.6. The van der Waals surface area contributed by atoms with Gasteiger partial charge in [0.1, 0.15) is 12.6 Å². The van der Waals surface area contributed by atoms with Crippen LogP contribution in [0.2, 0.25) is 5.02 Å². The molecule has 1 heterocycles. The van der Waals surface area contributed by atoms with Gasteiger partial charge in [-0.15, -0.1) is 0 Å². The number of nitrogens with one attached hydrogen (secondary N) is 1. The first kappa shape index (κ1) is 17.9. The van der Waals surface area contributed by atoms with Crippen LogP contribution >= 0.6 is 11.6 Å². The van der Waals surface area contributed by atoms with Crippen molar-refractivity contribution in [2.45, 2.75) is 31.9 Å². The van der Waals surface area contributed by atoms with Gasteiger partial charge in [-0.2, -0.15) is 0 Å². The molecule has 3 N–H and O–H groups in total. The van der Waals surface area contributed by atoms with Gasteiger partial charge < -0.3 is 15.4 Å². The maximum Gasteiger partial charge on any atom is 0.287 e. The van der Waals surface area contributed by atoms with Gasteiger partial charge in [0.25, 0.3) is 5.91 Å². The van der Waals surface area contributed by atoms with Crippen LogP contribution in [0.5, 0.6) is 0 Å². The molecular formula is C20H24ClN2O2+. The summed E-state index contributed by atoms with van der Waals surface area (Å²) < 4.78 is 5.69. The van der Waals surface area contributed by atoms with Crippen molar-refractivity contribution in [1.29, 1.82) is 0 Å². The van der Waals surface area contributed by atoms with E-state index >= 15 is 0 Å². The number of nitrogens with two attached hydrogens (primary N) is 1. The number of carbonyl (C=O) groups is 1. The number of aryl methyl sites for hydroxylation is 1. The Hall–Kier alpha value is -1.88. The third-order valence-electron chi connectivity index (χ3n) is 4.54. The van der Waals surface area contributed by atoms with Gasteiger partial charge in [0.2, 0.25) is 0 Å². The largest absolute Gasteiger partial charge is 0.372 e. The number of benzene rings is 2. The van der Waals surface area contributed by atoms with Gasteiger partial charge in [-0.1, -0.05) is 48.0 Å². The summed E-state index contributed by atoms with van der Waals surface area (Å²) in [6, 6.07) is 15.1. The molecule has 2 atom stereocenters. The highest BCUT2D eigenvalue weighted by atomic mass is 35.5. The number of rotatable bonds is 6. The molecule has 0 bridgehead atoms. The van der Waals surface area contributed by atoms with E-state index in [1.54, 1.807) is 6.07 Å². The number of ether oxygens (including phenoxy) is 1. The number of carbonyl (C=O) groups excluding carboxylic acids is 1. The lowest BCUT2D eigenvalue weighted by atomic mass is 10.1. The van der Waals surface area contributed by atoms with E-state index in [4.69, 9.17) is 16.3 Å². The number of quaternary nitrogens is 1. The maximum absolute atomic E-state index is 12.9. The molecule has 1 saturated heterocycles. The predicted molar refractivity (Wildman–Crippen MR) is 99.8 cm³/mol. The molecule has 1 aliphatic rings. The normalized spacial score (nSPS) is 18.1. The molecule has 0 radical (unpaired) electrons. The summed E-state index contributed by atoms with van der Waals surface area (Å²) in [4.78, 5) is 12.9. The summed E-state index contributed by atoms with van der Waals surface area (Å²) in [5.74, 6) is -0.0517. The van der Waals surface area contributed by atoms with Crippen molar-refractivity contribution in [2.24, 2.45) is 0 Å². The average molecular weight is 360 g/mol. The summed E-state index contributed by atoms with van der Waals surface area (Å²) in [7, 11) is 0. The fraction of sp³-hybridized carbons (Fsp3) is 0.350. The van der Waals surface area contributed by atoms with Gasteiger partial charge in [0, 0.05) is 22.9 Å².